The summed E-state index contributed by atoms with van der Waals surface area (Å²) in [4.78, 5) is 13.3. The Morgan fingerprint density at radius 2 is 1.83 bits per heavy atom. The van der Waals surface area contributed by atoms with Crippen LogP contribution < -0.4 is 5.43 Å². The zero-order valence-corrected chi connectivity index (χ0v) is 17.9. The Morgan fingerprint density at radius 1 is 1.17 bits per heavy atom. The third-order valence-corrected chi connectivity index (χ3v) is 5.79. The number of rotatable bonds is 6. The number of hydrogen-bond donors (Lipinski definition) is 1. The number of benzene rings is 2. The first kappa shape index (κ1) is 21.1. The molecular weight excluding hydrogens is 409 g/mol. The van der Waals surface area contributed by atoms with Crippen LogP contribution in [-0.2, 0) is 4.79 Å². The van der Waals surface area contributed by atoms with Gasteiger partial charge in [-0.15, -0.1) is 11.8 Å². The summed E-state index contributed by atoms with van der Waals surface area (Å²) in [6.45, 7) is 5.75. The van der Waals surface area contributed by atoms with Crippen molar-refractivity contribution < 1.29 is 9.18 Å². The van der Waals surface area contributed by atoms with Gasteiger partial charge in [-0.25, -0.2) is 9.82 Å². The van der Waals surface area contributed by atoms with Crippen LogP contribution in [0.15, 0.2) is 64.6 Å². The number of aromatic nitrogens is 1. The van der Waals surface area contributed by atoms with Crippen LogP contribution in [0.25, 0.3) is 5.69 Å². The zero-order valence-electron chi connectivity index (χ0n) is 16.3. The predicted octanol–water partition coefficient (Wildman–Crippen LogP) is 5.52. The molecule has 1 aromatic heterocycles. The molecule has 0 aliphatic heterocycles. The van der Waals surface area contributed by atoms with Crippen LogP contribution in [0.3, 0.4) is 0 Å². The lowest BCUT2D eigenvalue weighted by atomic mass is 10.2. The lowest BCUT2D eigenvalue weighted by molar-refractivity contribution is -0.120. The zero-order chi connectivity index (χ0) is 21.0. The number of halogens is 2. The van der Waals surface area contributed by atoms with Crippen LogP contribution in [0, 0.1) is 19.7 Å². The van der Waals surface area contributed by atoms with E-state index in [1.807, 2.05) is 43.5 Å². The van der Waals surface area contributed by atoms with Gasteiger partial charge in [0.05, 0.1) is 11.5 Å². The van der Waals surface area contributed by atoms with Crippen molar-refractivity contribution in [2.75, 3.05) is 0 Å². The van der Waals surface area contributed by atoms with E-state index in [9.17, 15) is 9.18 Å². The Balaban J connectivity index is 1.65. The topological polar surface area (TPSA) is 46.4 Å². The molecule has 0 saturated carbocycles. The van der Waals surface area contributed by atoms with Crippen molar-refractivity contribution in [2.24, 2.45) is 5.10 Å². The summed E-state index contributed by atoms with van der Waals surface area (Å²) in [5.74, 6) is -0.458. The number of thioether (sulfide) groups is 1. The summed E-state index contributed by atoms with van der Waals surface area (Å²) in [7, 11) is 0. The van der Waals surface area contributed by atoms with E-state index in [2.05, 4.69) is 10.5 Å². The van der Waals surface area contributed by atoms with Gasteiger partial charge in [0.25, 0.3) is 5.91 Å². The minimum atomic E-state index is -0.306. The Hall–Kier alpha value is -2.57. The number of amides is 1. The fourth-order valence-electron chi connectivity index (χ4n) is 2.93. The summed E-state index contributed by atoms with van der Waals surface area (Å²) in [5, 5.41) is 4.46. The molecule has 1 atom stereocenters. The highest BCUT2D eigenvalue weighted by molar-refractivity contribution is 8.00. The van der Waals surface area contributed by atoms with E-state index < -0.39 is 0 Å². The average Bonchev–Trinajstić information content (AvgIpc) is 2.97. The molecular formula is C22H21ClFN3OS. The third-order valence-electron chi connectivity index (χ3n) is 4.43. The molecule has 7 heteroatoms. The minimum absolute atomic E-state index is 0.187. The summed E-state index contributed by atoms with van der Waals surface area (Å²) < 4.78 is 15.2. The number of nitrogens with one attached hydrogen (secondary N) is 1. The molecule has 0 radical (unpaired) electrons. The van der Waals surface area contributed by atoms with E-state index >= 15 is 0 Å². The highest BCUT2D eigenvalue weighted by Crippen LogP contribution is 2.25. The summed E-state index contributed by atoms with van der Waals surface area (Å²) in [6.07, 6.45) is 1.62. The molecule has 3 aromatic rings. The van der Waals surface area contributed by atoms with Gasteiger partial charge in [0, 0.05) is 32.6 Å². The molecule has 29 heavy (non-hydrogen) atoms. The molecule has 0 fully saturated rings. The lowest BCUT2D eigenvalue weighted by Crippen LogP contribution is -2.26. The van der Waals surface area contributed by atoms with Gasteiger partial charge in [-0.2, -0.15) is 5.10 Å². The van der Waals surface area contributed by atoms with Gasteiger partial charge < -0.3 is 4.57 Å². The van der Waals surface area contributed by atoms with Crippen molar-refractivity contribution in [3.05, 3.63) is 82.4 Å². The van der Waals surface area contributed by atoms with Crippen molar-refractivity contribution >= 4 is 35.5 Å². The summed E-state index contributed by atoms with van der Waals surface area (Å²) in [6, 6.07) is 15.6. The van der Waals surface area contributed by atoms with Crippen molar-refractivity contribution in [1.82, 2.24) is 9.99 Å². The van der Waals surface area contributed by atoms with Crippen LogP contribution in [-0.4, -0.2) is 21.9 Å². The number of carbonyl (C=O) groups excluding carboxylic acids is 1. The Bertz CT molecular complexity index is 1030. The second kappa shape index (κ2) is 9.29. The first-order chi connectivity index (χ1) is 13.8. The average molecular weight is 430 g/mol. The fraction of sp³-hybridized carbons (Fsp3) is 0.182. The Kier molecular flexibility index (Phi) is 6.77. The van der Waals surface area contributed by atoms with Gasteiger partial charge in [0.2, 0.25) is 0 Å². The predicted molar refractivity (Wildman–Crippen MR) is 118 cm³/mol. The SMILES string of the molecule is Cc1cc(/C=N\NC(=O)[C@@H](C)Sc2ccc(Cl)cc2)c(C)n1-c1ccc(F)cc1. The van der Waals surface area contributed by atoms with E-state index in [0.29, 0.717) is 5.02 Å². The van der Waals surface area contributed by atoms with Crippen LogP contribution >= 0.6 is 23.4 Å². The fourth-order valence-corrected chi connectivity index (χ4v) is 3.92. The smallest absolute Gasteiger partial charge is 0.253 e. The molecule has 2 aromatic carbocycles. The maximum absolute atomic E-state index is 13.2. The number of hydrogen-bond acceptors (Lipinski definition) is 3. The number of nitrogens with zero attached hydrogens (tertiary/aromatic N) is 2. The first-order valence-electron chi connectivity index (χ1n) is 9.05. The first-order valence-corrected chi connectivity index (χ1v) is 10.3. The molecule has 1 N–H and O–H groups in total. The normalized spacial score (nSPS) is 12.3. The lowest BCUT2D eigenvalue weighted by Gasteiger charge is -2.10. The molecule has 0 unspecified atom stereocenters. The van der Waals surface area contributed by atoms with E-state index in [4.69, 9.17) is 11.6 Å². The maximum atomic E-state index is 13.2. The molecule has 0 spiro atoms. The van der Waals surface area contributed by atoms with Gasteiger partial charge >= 0.3 is 0 Å². The van der Waals surface area contributed by atoms with E-state index in [0.717, 1.165) is 27.5 Å². The van der Waals surface area contributed by atoms with Crippen molar-refractivity contribution in [2.45, 2.75) is 30.9 Å². The third kappa shape index (κ3) is 5.28. The van der Waals surface area contributed by atoms with Crippen LogP contribution in [0.5, 0.6) is 0 Å². The van der Waals surface area contributed by atoms with Gasteiger partial charge in [-0.3, -0.25) is 4.79 Å². The van der Waals surface area contributed by atoms with Crippen LogP contribution in [0.2, 0.25) is 5.02 Å². The maximum Gasteiger partial charge on any atom is 0.253 e. The standard InChI is InChI=1S/C22H21ClFN3OS/c1-14-12-17(15(2)27(14)20-8-6-19(24)7-9-20)13-25-26-22(28)16(3)29-21-10-4-18(23)5-11-21/h4-13,16H,1-3H3,(H,26,28)/b25-13-/t16-/m1/s1. The monoisotopic (exact) mass is 429 g/mol. The summed E-state index contributed by atoms with van der Waals surface area (Å²) in [5.41, 5.74) is 6.29. The number of carbonyl (C=O) groups is 1. The minimum Gasteiger partial charge on any atom is -0.318 e. The van der Waals surface area contributed by atoms with Crippen molar-refractivity contribution in [3.63, 3.8) is 0 Å². The molecule has 3 rings (SSSR count). The molecule has 1 amide bonds. The largest absolute Gasteiger partial charge is 0.318 e. The second-order valence-corrected chi connectivity index (χ2v) is 8.44. The van der Waals surface area contributed by atoms with Crippen LogP contribution in [0.1, 0.15) is 23.9 Å². The van der Waals surface area contributed by atoms with Crippen molar-refractivity contribution in [1.29, 1.82) is 0 Å². The van der Waals surface area contributed by atoms with Crippen LogP contribution in [0.4, 0.5) is 4.39 Å². The molecule has 0 aliphatic carbocycles. The van der Waals surface area contributed by atoms with E-state index in [1.54, 1.807) is 30.5 Å². The van der Waals surface area contributed by atoms with Crippen molar-refractivity contribution in [3.8, 4) is 5.69 Å². The molecule has 150 valence electrons. The molecule has 0 aliphatic rings. The quantitative estimate of drug-likeness (QED) is 0.318. The van der Waals surface area contributed by atoms with Gasteiger partial charge in [-0.1, -0.05) is 11.6 Å². The molecule has 0 bridgehead atoms. The van der Waals surface area contributed by atoms with E-state index in [1.165, 1.54) is 23.9 Å². The second-order valence-electron chi connectivity index (χ2n) is 6.59. The van der Waals surface area contributed by atoms with Gasteiger partial charge in [0.1, 0.15) is 5.82 Å². The molecule has 0 saturated heterocycles. The summed E-state index contributed by atoms with van der Waals surface area (Å²) >= 11 is 7.32. The Morgan fingerprint density at radius 3 is 2.48 bits per heavy atom. The number of aryl methyl sites for hydroxylation is 1. The highest BCUT2D eigenvalue weighted by Gasteiger charge is 2.14. The van der Waals surface area contributed by atoms with Gasteiger partial charge in [0.15, 0.2) is 0 Å². The molecule has 1 heterocycles. The van der Waals surface area contributed by atoms with E-state index in [-0.39, 0.29) is 17.0 Å². The highest BCUT2D eigenvalue weighted by atomic mass is 35.5. The Labute approximate surface area is 178 Å². The molecule has 4 nitrogen and oxygen atoms in total. The number of hydrazone groups is 1. The van der Waals surface area contributed by atoms with Gasteiger partial charge in [-0.05, 0) is 75.4 Å².